The Hall–Kier alpha value is -2.73. The van der Waals surface area contributed by atoms with Crippen LogP contribution in [0.4, 0.5) is 10.1 Å². The third-order valence-corrected chi connectivity index (χ3v) is 5.62. The molecule has 4 heterocycles. The Kier molecular flexibility index (Phi) is 3.93. The zero-order chi connectivity index (χ0) is 18.4. The topological polar surface area (TPSA) is 58.2 Å². The van der Waals surface area contributed by atoms with E-state index < -0.39 is 0 Å². The van der Waals surface area contributed by atoms with E-state index in [9.17, 15) is 9.18 Å². The average Bonchev–Trinajstić information content (AvgIpc) is 3.28. The SMILES string of the molecule is O=C1Cc2ncc(-c3ccc4[nH]ccc4c3F)cc2N1CC1CCOCC1. The van der Waals surface area contributed by atoms with Gasteiger partial charge >= 0.3 is 0 Å². The smallest absolute Gasteiger partial charge is 0.233 e. The summed E-state index contributed by atoms with van der Waals surface area (Å²) in [6.45, 7) is 2.18. The zero-order valence-electron chi connectivity index (χ0n) is 14.9. The number of hydrogen-bond acceptors (Lipinski definition) is 3. The van der Waals surface area contributed by atoms with Gasteiger partial charge in [-0.2, -0.15) is 0 Å². The van der Waals surface area contributed by atoms with Crippen LogP contribution in [0.1, 0.15) is 18.5 Å². The molecule has 3 aromatic rings. The van der Waals surface area contributed by atoms with Crippen molar-refractivity contribution < 1.29 is 13.9 Å². The predicted molar refractivity (Wildman–Crippen MR) is 101 cm³/mol. The Morgan fingerprint density at radius 3 is 2.96 bits per heavy atom. The normalized spacial score (nSPS) is 17.7. The van der Waals surface area contributed by atoms with Gasteiger partial charge in [0.1, 0.15) is 5.82 Å². The van der Waals surface area contributed by atoms with Gasteiger partial charge in [0.2, 0.25) is 5.91 Å². The summed E-state index contributed by atoms with van der Waals surface area (Å²) in [5.74, 6) is 0.240. The molecule has 0 bridgehead atoms. The lowest BCUT2D eigenvalue weighted by Crippen LogP contribution is -2.34. The van der Waals surface area contributed by atoms with Crippen molar-refractivity contribution in [3.05, 3.63) is 48.2 Å². The lowest BCUT2D eigenvalue weighted by atomic mass is 9.99. The first kappa shape index (κ1) is 16.4. The van der Waals surface area contributed by atoms with Gasteiger partial charge < -0.3 is 14.6 Å². The van der Waals surface area contributed by atoms with E-state index >= 15 is 0 Å². The third kappa shape index (κ3) is 2.80. The van der Waals surface area contributed by atoms with Crippen LogP contribution in [0.2, 0.25) is 0 Å². The highest BCUT2D eigenvalue weighted by molar-refractivity contribution is 6.01. The van der Waals surface area contributed by atoms with Gasteiger partial charge in [-0.05, 0) is 43.0 Å². The molecule has 0 aliphatic carbocycles. The van der Waals surface area contributed by atoms with Crippen molar-refractivity contribution in [1.29, 1.82) is 0 Å². The largest absolute Gasteiger partial charge is 0.381 e. The van der Waals surface area contributed by atoms with Crippen LogP contribution >= 0.6 is 0 Å². The molecule has 138 valence electrons. The van der Waals surface area contributed by atoms with E-state index in [0.717, 1.165) is 43.0 Å². The second-order valence-corrected chi connectivity index (χ2v) is 7.29. The first-order valence-electron chi connectivity index (χ1n) is 9.33. The number of nitrogens with zero attached hydrogens (tertiary/aromatic N) is 2. The van der Waals surface area contributed by atoms with E-state index in [0.29, 0.717) is 35.4 Å². The van der Waals surface area contributed by atoms with Crippen molar-refractivity contribution in [3.63, 3.8) is 0 Å². The standard InChI is InChI=1S/C21H20FN3O2/c22-21-15(1-2-17-16(21)3-6-23-17)14-9-19-18(24-11-14)10-20(26)25(19)12-13-4-7-27-8-5-13/h1-3,6,9,11,13,23H,4-5,7-8,10,12H2. The molecule has 1 fully saturated rings. The Morgan fingerprint density at radius 2 is 2.11 bits per heavy atom. The van der Waals surface area contributed by atoms with Gasteiger partial charge in [-0.25, -0.2) is 4.39 Å². The molecule has 5 rings (SSSR count). The number of halogens is 1. The molecule has 2 aromatic heterocycles. The molecule has 1 amide bonds. The molecule has 2 aliphatic rings. The first-order valence-corrected chi connectivity index (χ1v) is 9.33. The number of carbonyl (C=O) groups excluding carboxylic acids is 1. The maximum Gasteiger partial charge on any atom is 0.233 e. The molecular weight excluding hydrogens is 345 g/mol. The number of fused-ring (bicyclic) bond motifs is 2. The Labute approximate surface area is 156 Å². The van der Waals surface area contributed by atoms with E-state index in [1.54, 1.807) is 24.5 Å². The molecule has 27 heavy (non-hydrogen) atoms. The van der Waals surface area contributed by atoms with Crippen LogP contribution in [-0.2, 0) is 16.0 Å². The van der Waals surface area contributed by atoms with E-state index in [1.165, 1.54) is 0 Å². The van der Waals surface area contributed by atoms with Gasteiger partial charge in [0.25, 0.3) is 0 Å². The number of ether oxygens (including phenoxy) is 1. The van der Waals surface area contributed by atoms with Crippen LogP contribution in [0.25, 0.3) is 22.0 Å². The summed E-state index contributed by atoms with van der Waals surface area (Å²) in [6, 6.07) is 7.27. The molecule has 0 unspecified atom stereocenters. The number of carbonyl (C=O) groups is 1. The third-order valence-electron chi connectivity index (χ3n) is 5.62. The molecule has 1 N–H and O–H groups in total. The molecule has 0 radical (unpaired) electrons. The van der Waals surface area contributed by atoms with Crippen LogP contribution < -0.4 is 4.90 Å². The quantitative estimate of drug-likeness (QED) is 0.770. The van der Waals surface area contributed by atoms with Crippen molar-refractivity contribution >= 4 is 22.5 Å². The van der Waals surface area contributed by atoms with Crippen molar-refractivity contribution in [2.45, 2.75) is 19.3 Å². The lowest BCUT2D eigenvalue weighted by molar-refractivity contribution is -0.117. The summed E-state index contributed by atoms with van der Waals surface area (Å²) in [6.07, 6.45) is 5.64. The fourth-order valence-corrected chi connectivity index (χ4v) is 4.08. The zero-order valence-corrected chi connectivity index (χ0v) is 14.9. The van der Waals surface area contributed by atoms with Gasteiger partial charge in [-0.1, -0.05) is 0 Å². The monoisotopic (exact) mass is 365 g/mol. The number of H-pyrrole nitrogens is 1. The number of hydrogen-bond donors (Lipinski definition) is 1. The number of pyridine rings is 1. The Morgan fingerprint density at radius 1 is 1.26 bits per heavy atom. The van der Waals surface area contributed by atoms with Crippen LogP contribution in [0.15, 0.2) is 36.7 Å². The van der Waals surface area contributed by atoms with Crippen molar-refractivity contribution in [2.24, 2.45) is 5.92 Å². The van der Waals surface area contributed by atoms with Crippen molar-refractivity contribution in [1.82, 2.24) is 9.97 Å². The van der Waals surface area contributed by atoms with Crippen LogP contribution in [0, 0.1) is 11.7 Å². The highest BCUT2D eigenvalue weighted by Gasteiger charge is 2.31. The summed E-state index contributed by atoms with van der Waals surface area (Å²) in [5, 5.41) is 0.558. The fourth-order valence-electron chi connectivity index (χ4n) is 4.08. The van der Waals surface area contributed by atoms with Crippen LogP contribution in [-0.4, -0.2) is 35.6 Å². The molecule has 0 spiro atoms. The van der Waals surface area contributed by atoms with E-state index in [-0.39, 0.29) is 11.7 Å². The number of aromatic amines is 1. The van der Waals surface area contributed by atoms with Gasteiger partial charge in [-0.3, -0.25) is 9.78 Å². The van der Waals surface area contributed by atoms with E-state index in [1.807, 2.05) is 17.0 Å². The van der Waals surface area contributed by atoms with Gasteiger partial charge in [0.15, 0.2) is 0 Å². The van der Waals surface area contributed by atoms with Crippen LogP contribution in [0.5, 0.6) is 0 Å². The number of benzene rings is 1. The average molecular weight is 365 g/mol. The minimum absolute atomic E-state index is 0.0719. The van der Waals surface area contributed by atoms with Gasteiger partial charge in [-0.15, -0.1) is 0 Å². The molecule has 6 heteroatoms. The summed E-state index contributed by atoms with van der Waals surface area (Å²) in [5.41, 5.74) is 3.56. The summed E-state index contributed by atoms with van der Waals surface area (Å²) in [7, 11) is 0. The van der Waals surface area contributed by atoms with Crippen molar-refractivity contribution in [3.8, 4) is 11.1 Å². The molecular formula is C21H20FN3O2. The number of aromatic nitrogens is 2. The summed E-state index contributed by atoms with van der Waals surface area (Å²) < 4.78 is 20.4. The minimum Gasteiger partial charge on any atom is -0.381 e. The van der Waals surface area contributed by atoms with E-state index in [2.05, 4.69) is 9.97 Å². The second-order valence-electron chi connectivity index (χ2n) is 7.29. The molecule has 2 aliphatic heterocycles. The minimum atomic E-state index is -0.268. The highest BCUT2D eigenvalue weighted by Crippen LogP contribution is 2.35. The summed E-state index contributed by atoms with van der Waals surface area (Å²) in [4.78, 5) is 21.9. The lowest BCUT2D eigenvalue weighted by Gasteiger charge is -2.27. The van der Waals surface area contributed by atoms with Gasteiger partial charge in [0, 0.05) is 54.2 Å². The van der Waals surface area contributed by atoms with Crippen molar-refractivity contribution in [2.75, 3.05) is 24.7 Å². The Balaban J connectivity index is 1.51. The maximum absolute atomic E-state index is 14.9. The Bertz CT molecular complexity index is 1020. The molecule has 0 saturated carbocycles. The fraction of sp³-hybridized carbons (Fsp3) is 0.333. The number of anilines is 1. The maximum atomic E-state index is 14.9. The second kappa shape index (κ2) is 6.46. The first-order chi connectivity index (χ1) is 13.2. The van der Waals surface area contributed by atoms with Gasteiger partial charge in [0.05, 0.1) is 17.8 Å². The number of amides is 1. The summed E-state index contributed by atoms with van der Waals surface area (Å²) >= 11 is 0. The highest BCUT2D eigenvalue weighted by atomic mass is 19.1. The van der Waals surface area contributed by atoms with Crippen LogP contribution in [0.3, 0.4) is 0 Å². The molecule has 5 nitrogen and oxygen atoms in total. The number of rotatable bonds is 3. The molecule has 1 saturated heterocycles. The molecule has 1 aromatic carbocycles. The number of nitrogens with one attached hydrogen (secondary N) is 1. The molecule has 0 atom stereocenters. The van der Waals surface area contributed by atoms with E-state index in [4.69, 9.17) is 4.74 Å². The predicted octanol–water partition coefficient (Wildman–Crippen LogP) is 3.68.